The topological polar surface area (TPSA) is 24.4 Å². The van der Waals surface area contributed by atoms with E-state index in [1.807, 2.05) is 14.1 Å². The lowest BCUT2D eigenvalue weighted by atomic mass is 9.82. The van der Waals surface area contributed by atoms with Gasteiger partial charge in [-0.3, -0.25) is 4.99 Å². The summed E-state index contributed by atoms with van der Waals surface area (Å²) in [4.78, 5) is 4.22. The summed E-state index contributed by atoms with van der Waals surface area (Å²) < 4.78 is 0. The van der Waals surface area contributed by atoms with Crippen LogP contribution in [0.3, 0.4) is 0 Å². The maximum absolute atomic E-state index is 4.22. The lowest BCUT2D eigenvalue weighted by Gasteiger charge is -2.27. The zero-order chi connectivity index (χ0) is 9.03. The van der Waals surface area contributed by atoms with Gasteiger partial charge in [0.25, 0.3) is 0 Å². The molecule has 0 aromatic carbocycles. The predicted octanol–water partition coefficient (Wildman–Crippen LogP) is 1.76. The molecule has 0 aromatic rings. The van der Waals surface area contributed by atoms with Gasteiger partial charge in [-0.1, -0.05) is 24.3 Å². The van der Waals surface area contributed by atoms with E-state index in [1.165, 1.54) is 0 Å². The first kappa shape index (κ1) is 9.04. The molecule has 2 heteroatoms. The highest BCUT2D eigenvalue weighted by Gasteiger charge is 2.26. The van der Waals surface area contributed by atoms with Gasteiger partial charge in [0.05, 0.1) is 0 Å². The van der Waals surface area contributed by atoms with Crippen molar-refractivity contribution in [2.24, 2.45) is 10.4 Å². The number of hydrogen-bond donors (Lipinski definition) is 1. The normalized spacial score (nSPS) is 29.1. The number of rotatable bonds is 1. The van der Waals surface area contributed by atoms with Crippen LogP contribution in [-0.2, 0) is 0 Å². The van der Waals surface area contributed by atoms with E-state index in [1.54, 1.807) is 0 Å². The van der Waals surface area contributed by atoms with Gasteiger partial charge in [-0.15, -0.1) is 0 Å². The van der Waals surface area contributed by atoms with Gasteiger partial charge in [0.1, 0.15) is 5.84 Å². The molecule has 1 aliphatic rings. The molecule has 0 saturated heterocycles. The molecular formula is C10H16N2. The number of aliphatic imine (C=N–C) groups is 1. The van der Waals surface area contributed by atoms with Crippen molar-refractivity contribution in [1.29, 1.82) is 0 Å². The van der Waals surface area contributed by atoms with Crippen molar-refractivity contribution in [3.63, 3.8) is 0 Å². The second-order valence-electron chi connectivity index (χ2n) is 3.23. The van der Waals surface area contributed by atoms with E-state index in [-0.39, 0.29) is 5.41 Å². The first-order chi connectivity index (χ1) is 5.73. The zero-order valence-electron chi connectivity index (χ0n) is 7.96. The second-order valence-corrected chi connectivity index (χ2v) is 3.23. The lowest BCUT2D eigenvalue weighted by molar-refractivity contribution is 0.581. The molecular weight excluding hydrogens is 148 g/mol. The largest absolute Gasteiger partial charge is 0.376 e. The summed E-state index contributed by atoms with van der Waals surface area (Å²) in [6, 6.07) is 0. The first-order valence-electron chi connectivity index (χ1n) is 4.22. The minimum absolute atomic E-state index is 0.0677. The summed E-state index contributed by atoms with van der Waals surface area (Å²) in [5.74, 6) is 1.04. The van der Waals surface area contributed by atoms with E-state index in [4.69, 9.17) is 0 Å². The highest BCUT2D eigenvalue weighted by atomic mass is 15.0. The summed E-state index contributed by atoms with van der Waals surface area (Å²) in [6.07, 6.45) is 9.53. The van der Waals surface area contributed by atoms with Crippen LogP contribution in [0.25, 0.3) is 0 Å². The van der Waals surface area contributed by atoms with Gasteiger partial charge >= 0.3 is 0 Å². The molecule has 66 valence electrons. The minimum atomic E-state index is 0.0677. The summed E-state index contributed by atoms with van der Waals surface area (Å²) in [7, 11) is 3.74. The molecule has 1 aliphatic carbocycles. The average molecular weight is 164 g/mol. The van der Waals surface area contributed by atoms with Crippen molar-refractivity contribution in [2.45, 2.75) is 13.3 Å². The Morgan fingerprint density at radius 2 is 2.25 bits per heavy atom. The van der Waals surface area contributed by atoms with Crippen LogP contribution < -0.4 is 5.32 Å². The van der Waals surface area contributed by atoms with Crippen molar-refractivity contribution in [3.8, 4) is 0 Å². The van der Waals surface area contributed by atoms with E-state index < -0.39 is 0 Å². The molecule has 1 N–H and O–H groups in total. The van der Waals surface area contributed by atoms with Gasteiger partial charge in [0, 0.05) is 19.5 Å². The number of nitrogens with zero attached hydrogens (tertiary/aromatic N) is 1. The van der Waals surface area contributed by atoms with Gasteiger partial charge in [-0.25, -0.2) is 0 Å². The van der Waals surface area contributed by atoms with Crippen LogP contribution >= 0.6 is 0 Å². The Kier molecular flexibility index (Phi) is 2.69. The van der Waals surface area contributed by atoms with Crippen LogP contribution in [0.15, 0.2) is 29.3 Å². The molecule has 0 aromatic heterocycles. The number of allylic oxidation sites excluding steroid dienone is 3. The maximum atomic E-state index is 4.22. The Labute approximate surface area is 74.1 Å². The first-order valence-corrected chi connectivity index (χ1v) is 4.22. The smallest absolute Gasteiger partial charge is 0.106 e. The van der Waals surface area contributed by atoms with E-state index in [0.717, 1.165) is 12.3 Å². The van der Waals surface area contributed by atoms with Crippen molar-refractivity contribution >= 4 is 5.84 Å². The molecule has 0 radical (unpaired) electrons. The summed E-state index contributed by atoms with van der Waals surface area (Å²) in [6.45, 7) is 2.19. The van der Waals surface area contributed by atoms with E-state index in [9.17, 15) is 0 Å². The second kappa shape index (κ2) is 3.57. The minimum Gasteiger partial charge on any atom is -0.376 e. The number of nitrogens with one attached hydrogen (secondary N) is 1. The van der Waals surface area contributed by atoms with E-state index >= 15 is 0 Å². The molecule has 0 spiro atoms. The van der Waals surface area contributed by atoms with Crippen molar-refractivity contribution in [2.75, 3.05) is 14.1 Å². The lowest BCUT2D eigenvalue weighted by Crippen LogP contribution is -2.35. The highest BCUT2D eigenvalue weighted by Crippen LogP contribution is 2.27. The molecule has 0 bridgehead atoms. The van der Waals surface area contributed by atoms with Crippen LogP contribution in [0.4, 0.5) is 0 Å². The van der Waals surface area contributed by atoms with Gasteiger partial charge in [-0.2, -0.15) is 0 Å². The Hall–Kier alpha value is -1.05. The van der Waals surface area contributed by atoms with Crippen molar-refractivity contribution < 1.29 is 0 Å². The summed E-state index contributed by atoms with van der Waals surface area (Å²) in [5.41, 5.74) is 0.0677. The SMILES string of the molecule is CN=C(NC)C1(C)C=CC=CC1. The molecule has 0 fully saturated rings. The molecule has 0 heterocycles. The molecule has 0 amide bonds. The average Bonchev–Trinajstić information content (AvgIpc) is 2.07. The van der Waals surface area contributed by atoms with Crippen LogP contribution in [0, 0.1) is 5.41 Å². The van der Waals surface area contributed by atoms with Gasteiger partial charge in [0.15, 0.2) is 0 Å². The third-order valence-corrected chi connectivity index (χ3v) is 2.25. The van der Waals surface area contributed by atoms with Crippen LogP contribution in [0.2, 0.25) is 0 Å². The van der Waals surface area contributed by atoms with Crippen LogP contribution in [0.5, 0.6) is 0 Å². The molecule has 2 nitrogen and oxygen atoms in total. The van der Waals surface area contributed by atoms with Crippen LogP contribution in [0.1, 0.15) is 13.3 Å². The van der Waals surface area contributed by atoms with Crippen molar-refractivity contribution in [3.05, 3.63) is 24.3 Å². The number of amidine groups is 1. The zero-order valence-corrected chi connectivity index (χ0v) is 7.96. The molecule has 0 saturated carbocycles. The molecule has 1 unspecified atom stereocenters. The highest BCUT2D eigenvalue weighted by molar-refractivity contribution is 5.89. The Morgan fingerprint density at radius 3 is 2.67 bits per heavy atom. The Balaban J connectivity index is 2.84. The molecule has 0 aliphatic heterocycles. The molecule has 1 atom stereocenters. The summed E-state index contributed by atoms with van der Waals surface area (Å²) >= 11 is 0. The fraction of sp³-hybridized carbons (Fsp3) is 0.500. The van der Waals surface area contributed by atoms with Gasteiger partial charge in [-0.05, 0) is 13.3 Å². The molecule has 1 rings (SSSR count). The fourth-order valence-electron chi connectivity index (χ4n) is 1.56. The van der Waals surface area contributed by atoms with E-state index in [2.05, 4.69) is 41.5 Å². The fourth-order valence-corrected chi connectivity index (χ4v) is 1.56. The summed E-state index contributed by atoms with van der Waals surface area (Å²) in [5, 5.41) is 3.13. The maximum Gasteiger partial charge on any atom is 0.106 e. The Bertz CT molecular complexity index is 238. The van der Waals surface area contributed by atoms with Crippen molar-refractivity contribution in [1.82, 2.24) is 5.32 Å². The van der Waals surface area contributed by atoms with Gasteiger partial charge in [0.2, 0.25) is 0 Å². The monoisotopic (exact) mass is 164 g/mol. The molecule has 12 heavy (non-hydrogen) atoms. The number of hydrogen-bond acceptors (Lipinski definition) is 1. The van der Waals surface area contributed by atoms with E-state index in [0.29, 0.717) is 0 Å². The quantitative estimate of drug-likeness (QED) is 0.463. The predicted molar refractivity (Wildman–Crippen MR) is 53.4 cm³/mol. The standard InChI is InChI=1S/C10H16N2/c1-10(9(11-2)12-3)7-5-4-6-8-10/h4-7H,8H2,1-3H3,(H,11,12). The third kappa shape index (κ3) is 1.58. The third-order valence-electron chi connectivity index (χ3n) is 2.25. The van der Waals surface area contributed by atoms with Gasteiger partial charge < -0.3 is 5.32 Å². The van der Waals surface area contributed by atoms with Crippen LogP contribution in [-0.4, -0.2) is 19.9 Å². The Morgan fingerprint density at radius 1 is 1.50 bits per heavy atom.